The zero-order valence-electron chi connectivity index (χ0n) is 8.60. The van der Waals surface area contributed by atoms with Crippen LogP contribution in [0, 0.1) is 5.92 Å². The smallest absolute Gasteiger partial charge is 0.259 e. The summed E-state index contributed by atoms with van der Waals surface area (Å²) in [5.41, 5.74) is 0.494. The molecule has 5 nitrogen and oxygen atoms in total. The molecule has 0 fully saturated rings. The van der Waals surface area contributed by atoms with Gasteiger partial charge in [-0.15, -0.1) is 0 Å². The first-order valence-electron chi connectivity index (χ1n) is 5.03. The monoisotopic (exact) mass is 229 g/mol. The minimum absolute atomic E-state index is 0.311. The van der Waals surface area contributed by atoms with Gasteiger partial charge in [-0.25, -0.2) is 0 Å². The predicted octanol–water partition coefficient (Wildman–Crippen LogP) is -0.920. The van der Waals surface area contributed by atoms with Gasteiger partial charge in [0.2, 0.25) is 0 Å². The van der Waals surface area contributed by atoms with Gasteiger partial charge in [-0.3, -0.25) is 9.59 Å². The van der Waals surface area contributed by atoms with E-state index in [1.54, 1.807) is 6.07 Å². The topological polar surface area (TPSA) is 80.1 Å². The van der Waals surface area contributed by atoms with Crippen molar-refractivity contribution in [1.82, 2.24) is 4.98 Å². The molecule has 1 unspecified atom stereocenters. The van der Waals surface area contributed by atoms with Crippen molar-refractivity contribution in [2.75, 3.05) is 0 Å². The zero-order chi connectivity index (χ0) is 12.0. The Morgan fingerprint density at radius 2 is 2.18 bits per heavy atom. The normalized spacial score (nSPS) is 18.4. The summed E-state index contributed by atoms with van der Waals surface area (Å²) in [4.78, 5) is 36.4. The Bertz CT molecular complexity index is 809. The minimum Gasteiger partial charge on any atom is -0.456 e. The van der Waals surface area contributed by atoms with Gasteiger partial charge in [0.15, 0.2) is 5.78 Å². The molecule has 0 spiro atoms. The van der Waals surface area contributed by atoms with Gasteiger partial charge in [0.25, 0.3) is 5.56 Å². The van der Waals surface area contributed by atoms with Crippen molar-refractivity contribution < 1.29 is 14.0 Å². The van der Waals surface area contributed by atoms with Crippen molar-refractivity contribution in [3.63, 3.8) is 0 Å². The number of ketones is 1. The van der Waals surface area contributed by atoms with Gasteiger partial charge in [0.05, 0.1) is 11.3 Å². The molecule has 17 heavy (non-hydrogen) atoms. The van der Waals surface area contributed by atoms with Gasteiger partial charge in [0.1, 0.15) is 17.3 Å². The highest BCUT2D eigenvalue weighted by atomic mass is 16.3. The average molecular weight is 229 g/mol. The van der Waals surface area contributed by atoms with Crippen LogP contribution in [-0.4, -0.2) is 17.1 Å². The van der Waals surface area contributed by atoms with Gasteiger partial charge >= 0.3 is 0 Å². The van der Waals surface area contributed by atoms with Gasteiger partial charge in [0, 0.05) is 11.4 Å². The second-order valence-corrected chi connectivity index (χ2v) is 3.80. The number of H-pyrrole nitrogens is 1. The van der Waals surface area contributed by atoms with E-state index in [1.807, 2.05) is 0 Å². The van der Waals surface area contributed by atoms with Gasteiger partial charge in [-0.2, -0.15) is 0 Å². The van der Waals surface area contributed by atoms with Crippen LogP contribution in [0.5, 0.6) is 0 Å². The molecule has 3 rings (SSSR count). The van der Waals surface area contributed by atoms with Crippen LogP contribution in [0.1, 0.15) is 0 Å². The number of hydrogen-bond donors (Lipinski definition) is 1. The van der Waals surface area contributed by atoms with E-state index >= 15 is 0 Å². The van der Waals surface area contributed by atoms with Crippen molar-refractivity contribution in [1.29, 1.82) is 0 Å². The molecule has 0 aliphatic heterocycles. The van der Waals surface area contributed by atoms with E-state index in [4.69, 9.17) is 4.42 Å². The van der Waals surface area contributed by atoms with Crippen molar-refractivity contribution in [2.24, 2.45) is 5.92 Å². The van der Waals surface area contributed by atoms with Crippen LogP contribution in [0.4, 0.5) is 0 Å². The molecule has 0 bridgehead atoms. The molecule has 2 aromatic heterocycles. The van der Waals surface area contributed by atoms with E-state index in [9.17, 15) is 14.4 Å². The van der Waals surface area contributed by atoms with Crippen molar-refractivity contribution in [3.8, 4) is 0 Å². The molecule has 0 amide bonds. The molecule has 2 aromatic rings. The molecule has 0 saturated carbocycles. The molecule has 1 aliphatic rings. The minimum atomic E-state index is -0.817. The maximum absolute atomic E-state index is 11.6. The lowest BCUT2D eigenvalue weighted by Crippen LogP contribution is -2.32. The van der Waals surface area contributed by atoms with Crippen molar-refractivity contribution in [2.45, 2.75) is 0 Å². The summed E-state index contributed by atoms with van der Waals surface area (Å²) in [6.45, 7) is 0. The second-order valence-electron chi connectivity index (χ2n) is 3.80. The van der Waals surface area contributed by atoms with Crippen molar-refractivity contribution >= 4 is 35.2 Å². The summed E-state index contributed by atoms with van der Waals surface area (Å²) in [6, 6.07) is 1.61. The number of rotatable bonds is 1. The maximum Gasteiger partial charge on any atom is 0.259 e. The van der Waals surface area contributed by atoms with Crippen LogP contribution in [0.15, 0.2) is 21.5 Å². The van der Waals surface area contributed by atoms with Gasteiger partial charge in [-0.1, -0.05) is 0 Å². The van der Waals surface area contributed by atoms with Crippen LogP contribution >= 0.6 is 0 Å². The third kappa shape index (κ3) is 1.29. The number of hydrogen-bond acceptors (Lipinski definition) is 4. The highest BCUT2D eigenvalue weighted by molar-refractivity contribution is 6.18. The Hall–Kier alpha value is -2.43. The highest BCUT2D eigenvalue weighted by Gasteiger charge is 2.19. The number of aldehydes is 1. The Balaban J connectivity index is 2.55. The molecular formula is C12H7NO4. The van der Waals surface area contributed by atoms with Gasteiger partial charge < -0.3 is 14.2 Å². The molecule has 84 valence electrons. The molecule has 1 N–H and O–H groups in total. The number of pyridine rings is 1. The van der Waals surface area contributed by atoms with Crippen LogP contribution in [0.25, 0.3) is 23.1 Å². The molecular weight excluding hydrogens is 222 g/mol. The summed E-state index contributed by atoms with van der Waals surface area (Å²) in [7, 11) is 0. The van der Waals surface area contributed by atoms with Crippen LogP contribution in [-0.2, 0) is 9.59 Å². The number of nitrogens with one attached hydrogen (secondary N) is 1. The van der Waals surface area contributed by atoms with E-state index in [0.29, 0.717) is 27.9 Å². The summed E-state index contributed by atoms with van der Waals surface area (Å²) in [6.07, 6.45) is 4.75. The first-order chi connectivity index (χ1) is 8.20. The molecule has 5 heteroatoms. The van der Waals surface area contributed by atoms with Crippen molar-refractivity contribution in [3.05, 3.63) is 33.3 Å². The van der Waals surface area contributed by atoms with E-state index < -0.39 is 5.92 Å². The number of aromatic nitrogens is 1. The van der Waals surface area contributed by atoms with Crippen LogP contribution < -0.4 is 16.2 Å². The Morgan fingerprint density at radius 1 is 1.35 bits per heavy atom. The SMILES string of the molecule is O=CC1C=c2oc3cc[nH]c(=O)c3c2=CC1=O. The second kappa shape index (κ2) is 3.28. The largest absolute Gasteiger partial charge is 0.456 e. The van der Waals surface area contributed by atoms with E-state index in [-0.39, 0.29) is 11.3 Å². The summed E-state index contributed by atoms with van der Waals surface area (Å²) >= 11 is 0. The Morgan fingerprint density at radius 3 is 2.94 bits per heavy atom. The summed E-state index contributed by atoms with van der Waals surface area (Å²) in [5, 5.41) is 0.793. The number of furan rings is 1. The maximum atomic E-state index is 11.6. The van der Waals surface area contributed by atoms with Gasteiger partial charge in [-0.05, 0) is 18.2 Å². The molecule has 0 aromatic carbocycles. The standard InChI is InChI=1S/C12H7NO4/c14-5-6-3-10-7(4-8(6)15)11-9(17-10)1-2-13-12(11)16/h1-6H,(H,13,16). The lowest BCUT2D eigenvalue weighted by Gasteiger charge is -2.00. The fraction of sp³-hybridized carbons (Fsp3) is 0.0833. The fourth-order valence-corrected chi connectivity index (χ4v) is 1.95. The number of carbonyl (C=O) groups excluding carboxylic acids is 2. The summed E-state index contributed by atoms with van der Waals surface area (Å²) in [5.74, 6) is -1.15. The summed E-state index contributed by atoms with van der Waals surface area (Å²) < 4.78 is 5.43. The molecule has 1 aliphatic carbocycles. The van der Waals surface area contributed by atoms with Crippen LogP contribution in [0.3, 0.4) is 0 Å². The number of fused-ring (bicyclic) bond motifs is 3. The Labute approximate surface area is 94.1 Å². The molecule has 0 saturated heterocycles. The first kappa shape index (κ1) is 9.77. The van der Waals surface area contributed by atoms with Crippen LogP contribution in [0.2, 0.25) is 0 Å². The number of Topliss-reactive ketones (excluding diaryl/α,β-unsaturated/α-hetero) is 1. The zero-order valence-corrected chi connectivity index (χ0v) is 8.60. The molecule has 2 heterocycles. The average Bonchev–Trinajstić information content (AvgIpc) is 2.66. The molecule has 1 atom stereocenters. The lowest BCUT2D eigenvalue weighted by atomic mass is 10.00. The third-order valence-corrected chi connectivity index (χ3v) is 2.77. The number of carbonyl (C=O) groups is 2. The fourth-order valence-electron chi connectivity index (χ4n) is 1.95. The highest BCUT2D eigenvalue weighted by Crippen LogP contribution is 2.06. The molecule has 0 radical (unpaired) electrons. The lowest BCUT2D eigenvalue weighted by molar-refractivity contribution is -0.120. The Kier molecular flexibility index (Phi) is 1.89. The number of aromatic amines is 1. The van der Waals surface area contributed by atoms with E-state index in [0.717, 1.165) is 0 Å². The predicted molar refractivity (Wildman–Crippen MR) is 59.6 cm³/mol. The first-order valence-corrected chi connectivity index (χ1v) is 5.03. The van der Waals surface area contributed by atoms with E-state index in [2.05, 4.69) is 4.98 Å². The third-order valence-electron chi connectivity index (χ3n) is 2.77. The van der Waals surface area contributed by atoms with E-state index in [1.165, 1.54) is 18.3 Å². The quantitative estimate of drug-likeness (QED) is 0.506.